The molecule has 0 atom stereocenters. The molecule has 0 saturated heterocycles. The summed E-state index contributed by atoms with van der Waals surface area (Å²) in [6.07, 6.45) is 5.29. The zero-order chi connectivity index (χ0) is 12.5. The van der Waals surface area contributed by atoms with E-state index in [4.69, 9.17) is 0 Å². The van der Waals surface area contributed by atoms with Gasteiger partial charge in [-0.15, -0.1) is 0 Å². The van der Waals surface area contributed by atoms with Crippen LogP contribution in [0.15, 0.2) is 12.5 Å². The lowest BCUT2D eigenvalue weighted by molar-refractivity contribution is 0.344. The van der Waals surface area contributed by atoms with Crippen LogP contribution in [0.5, 0.6) is 0 Å². The van der Waals surface area contributed by atoms with E-state index < -0.39 is 30.7 Å². The Kier molecular flexibility index (Phi) is 3.35. The lowest BCUT2D eigenvalue weighted by Crippen LogP contribution is -2.38. The third-order valence-corrected chi connectivity index (χ3v) is 7.12. The standard InChI is InChI=1S/C9H14O6S2/c10-16(11)9(8-4-2-1-3-5-8)17(12,13)15-7-6-14-16/h6-9H,1-5H2. The van der Waals surface area contributed by atoms with Crippen molar-refractivity contribution in [3.05, 3.63) is 12.5 Å². The van der Waals surface area contributed by atoms with Crippen LogP contribution in [-0.4, -0.2) is 21.4 Å². The van der Waals surface area contributed by atoms with Gasteiger partial charge in [-0.2, -0.15) is 16.8 Å². The largest absolute Gasteiger partial charge is 0.386 e. The van der Waals surface area contributed by atoms with E-state index in [2.05, 4.69) is 8.37 Å². The molecule has 2 aliphatic rings. The van der Waals surface area contributed by atoms with Crippen LogP contribution >= 0.6 is 0 Å². The number of hydrogen-bond acceptors (Lipinski definition) is 6. The fourth-order valence-corrected chi connectivity index (χ4v) is 5.87. The minimum Gasteiger partial charge on any atom is -0.386 e. The van der Waals surface area contributed by atoms with Crippen LogP contribution in [0.4, 0.5) is 0 Å². The van der Waals surface area contributed by atoms with Gasteiger partial charge < -0.3 is 8.37 Å². The topological polar surface area (TPSA) is 86.7 Å². The van der Waals surface area contributed by atoms with Crippen molar-refractivity contribution in [1.29, 1.82) is 0 Å². The first-order chi connectivity index (χ1) is 7.93. The molecule has 0 N–H and O–H groups in total. The maximum absolute atomic E-state index is 11.8. The van der Waals surface area contributed by atoms with Crippen molar-refractivity contribution >= 4 is 20.2 Å². The zero-order valence-corrected chi connectivity index (χ0v) is 10.7. The van der Waals surface area contributed by atoms with E-state index in [-0.39, 0.29) is 0 Å². The maximum Gasteiger partial charge on any atom is 0.330 e. The van der Waals surface area contributed by atoms with Gasteiger partial charge in [0.25, 0.3) is 0 Å². The van der Waals surface area contributed by atoms with E-state index in [1.165, 1.54) is 0 Å². The van der Waals surface area contributed by atoms with Gasteiger partial charge in [-0.05, 0) is 18.8 Å². The highest BCUT2D eigenvalue weighted by Crippen LogP contribution is 2.34. The van der Waals surface area contributed by atoms with Crippen molar-refractivity contribution in [1.82, 2.24) is 0 Å². The Morgan fingerprint density at radius 2 is 1.29 bits per heavy atom. The summed E-state index contributed by atoms with van der Waals surface area (Å²) in [4.78, 5) is 0. The molecule has 0 bridgehead atoms. The van der Waals surface area contributed by atoms with Crippen molar-refractivity contribution in [3.8, 4) is 0 Å². The Bertz CT molecular complexity index is 460. The van der Waals surface area contributed by atoms with Crippen LogP contribution in [0, 0.1) is 5.92 Å². The Labute approximate surface area is 101 Å². The molecule has 1 saturated carbocycles. The molecule has 0 spiro atoms. The molecule has 0 aromatic heterocycles. The molecule has 98 valence electrons. The van der Waals surface area contributed by atoms with Gasteiger partial charge in [0.15, 0.2) is 0 Å². The third kappa shape index (κ3) is 2.57. The predicted octanol–water partition coefficient (Wildman–Crippen LogP) is 1.07. The monoisotopic (exact) mass is 282 g/mol. The summed E-state index contributed by atoms with van der Waals surface area (Å²) < 4.78 is 54.5. The van der Waals surface area contributed by atoms with Crippen molar-refractivity contribution in [2.75, 3.05) is 0 Å². The van der Waals surface area contributed by atoms with Gasteiger partial charge in [0.1, 0.15) is 12.5 Å². The second-order valence-electron chi connectivity index (χ2n) is 4.22. The maximum atomic E-state index is 11.8. The van der Waals surface area contributed by atoms with Crippen LogP contribution in [0.3, 0.4) is 0 Å². The molecule has 0 aromatic carbocycles. The second-order valence-corrected chi connectivity index (χ2v) is 7.89. The van der Waals surface area contributed by atoms with Gasteiger partial charge in [0, 0.05) is 0 Å². The average Bonchev–Trinajstić information content (AvgIpc) is 2.35. The van der Waals surface area contributed by atoms with Gasteiger partial charge in [0.2, 0.25) is 4.58 Å². The molecule has 8 heteroatoms. The van der Waals surface area contributed by atoms with Crippen LogP contribution < -0.4 is 0 Å². The smallest absolute Gasteiger partial charge is 0.330 e. The number of hydrogen-bond donors (Lipinski definition) is 0. The molecule has 0 aromatic rings. The van der Waals surface area contributed by atoms with E-state index in [1.54, 1.807) is 0 Å². The van der Waals surface area contributed by atoms with Crippen molar-refractivity contribution < 1.29 is 25.2 Å². The van der Waals surface area contributed by atoms with Crippen LogP contribution in [0.1, 0.15) is 32.1 Å². The van der Waals surface area contributed by atoms with Crippen LogP contribution in [0.2, 0.25) is 0 Å². The Hall–Kier alpha value is -0.760. The summed E-state index contributed by atoms with van der Waals surface area (Å²) >= 11 is 0. The summed E-state index contributed by atoms with van der Waals surface area (Å²) in [6.45, 7) is 0. The molecule has 0 amide bonds. The van der Waals surface area contributed by atoms with Crippen LogP contribution in [-0.2, 0) is 28.6 Å². The Morgan fingerprint density at radius 3 is 1.76 bits per heavy atom. The Balaban J connectivity index is 2.38. The predicted molar refractivity (Wildman–Crippen MR) is 59.5 cm³/mol. The summed E-state index contributed by atoms with van der Waals surface area (Å²) in [7, 11) is -8.33. The average molecular weight is 282 g/mol. The molecule has 1 heterocycles. The highest BCUT2D eigenvalue weighted by atomic mass is 32.3. The van der Waals surface area contributed by atoms with Gasteiger partial charge >= 0.3 is 20.2 Å². The fourth-order valence-electron chi connectivity index (χ4n) is 2.33. The molecule has 1 aliphatic carbocycles. The summed E-state index contributed by atoms with van der Waals surface area (Å²) in [6, 6.07) is 0. The molecule has 17 heavy (non-hydrogen) atoms. The van der Waals surface area contributed by atoms with E-state index >= 15 is 0 Å². The van der Waals surface area contributed by atoms with Crippen molar-refractivity contribution in [2.24, 2.45) is 5.92 Å². The molecule has 0 unspecified atom stereocenters. The minimum atomic E-state index is -4.17. The molecule has 1 fully saturated rings. The molecular formula is C9H14O6S2. The van der Waals surface area contributed by atoms with Crippen molar-refractivity contribution in [2.45, 2.75) is 36.7 Å². The normalized spacial score (nSPS) is 28.9. The lowest BCUT2D eigenvalue weighted by Gasteiger charge is -2.26. The minimum absolute atomic E-state index is 0.446. The summed E-state index contributed by atoms with van der Waals surface area (Å²) in [5, 5.41) is 0. The first-order valence-electron chi connectivity index (χ1n) is 5.43. The summed E-state index contributed by atoms with van der Waals surface area (Å²) in [5.74, 6) is -0.446. The second kappa shape index (κ2) is 4.49. The first-order valence-corrected chi connectivity index (χ1v) is 8.37. The molecule has 2 rings (SSSR count). The highest BCUT2D eigenvalue weighted by Gasteiger charge is 2.47. The van der Waals surface area contributed by atoms with E-state index in [0.29, 0.717) is 12.8 Å². The highest BCUT2D eigenvalue weighted by molar-refractivity contribution is 8.04. The van der Waals surface area contributed by atoms with Gasteiger partial charge in [-0.25, -0.2) is 0 Å². The molecule has 6 nitrogen and oxygen atoms in total. The SMILES string of the molecule is O=S1(=O)OC=COS(=O)(=O)C1C1CCCCC1. The molecule has 1 aliphatic heterocycles. The van der Waals surface area contributed by atoms with E-state index in [0.717, 1.165) is 31.8 Å². The fraction of sp³-hybridized carbons (Fsp3) is 0.778. The van der Waals surface area contributed by atoms with Gasteiger partial charge in [0.05, 0.1) is 0 Å². The van der Waals surface area contributed by atoms with E-state index in [9.17, 15) is 16.8 Å². The van der Waals surface area contributed by atoms with E-state index in [1.807, 2.05) is 0 Å². The first kappa shape index (κ1) is 12.7. The number of rotatable bonds is 1. The summed E-state index contributed by atoms with van der Waals surface area (Å²) in [5.41, 5.74) is 0. The quantitative estimate of drug-likeness (QED) is 0.669. The van der Waals surface area contributed by atoms with Gasteiger partial charge in [-0.3, -0.25) is 0 Å². The molecule has 0 radical (unpaired) electrons. The molecular weight excluding hydrogens is 268 g/mol. The lowest BCUT2D eigenvalue weighted by atomic mass is 9.91. The zero-order valence-electron chi connectivity index (χ0n) is 9.11. The Morgan fingerprint density at radius 1 is 0.824 bits per heavy atom. The van der Waals surface area contributed by atoms with Crippen molar-refractivity contribution in [3.63, 3.8) is 0 Å². The van der Waals surface area contributed by atoms with Gasteiger partial charge in [-0.1, -0.05) is 19.3 Å². The third-order valence-electron chi connectivity index (χ3n) is 3.04. The van der Waals surface area contributed by atoms with Crippen LogP contribution in [0.25, 0.3) is 0 Å².